The number of hydrogen-bond acceptors (Lipinski definition) is 2. The second kappa shape index (κ2) is 6.58. The minimum absolute atomic E-state index is 0.242. The SMILES string of the molecule is CCCC(C)(C=O)CN(CC)c1cccc(C)c1. The Morgan fingerprint density at radius 2 is 2.06 bits per heavy atom. The van der Waals surface area contributed by atoms with E-state index in [1.54, 1.807) is 0 Å². The topological polar surface area (TPSA) is 20.3 Å². The number of nitrogens with zero attached hydrogens (tertiary/aromatic N) is 1. The summed E-state index contributed by atoms with van der Waals surface area (Å²) in [6.45, 7) is 10.1. The zero-order valence-corrected chi connectivity index (χ0v) is 12.1. The third-order valence-electron chi connectivity index (χ3n) is 3.41. The Labute approximate surface area is 111 Å². The molecule has 1 aromatic rings. The molecular formula is C16H25NO. The summed E-state index contributed by atoms with van der Waals surface area (Å²) in [5.74, 6) is 0. The Hall–Kier alpha value is -1.31. The maximum Gasteiger partial charge on any atom is 0.127 e. The second-order valence-electron chi connectivity index (χ2n) is 5.38. The van der Waals surface area contributed by atoms with Crippen molar-refractivity contribution >= 4 is 12.0 Å². The first-order valence-electron chi connectivity index (χ1n) is 6.82. The molecule has 18 heavy (non-hydrogen) atoms. The highest BCUT2D eigenvalue weighted by Crippen LogP contribution is 2.25. The Balaban J connectivity index is 2.87. The number of rotatable bonds is 7. The number of benzene rings is 1. The van der Waals surface area contributed by atoms with E-state index in [0.29, 0.717) is 0 Å². The van der Waals surface area contributed by atoms with E-state index in [2.05, 4.69) is 56.9 Å². The molecule has 2 nitrogen and oxygen atoms in total. The van der Waals surface area contributed by atoms with Crippen molar-refractivity contribution in [3.8, 4) is 0 Å². The largest absolute Gasteiger partial charge is 0.371 e. The van der Waals surface area contributed by atoms with Crippen molar-refractivity contribution in [2.45, 2.75) is 40.5 Å². The van der Waals surface area contributed by atoms with Crippen molar-refractivity contribution in [3.63, 3.8) is 0 Å². The van der Waals surface area contributed by atoms with Gasteiger partial charge in [-0.3, -0.25) is 0 Å². The van der Waals surface area contributed by atoms with E-state index < -0.39 is 0 Å². The molecular weight excluding hydrogens is 222 g/mol. The van der Waals surface area contributed by atoms with Crippen LogP contribution in [0.25, 0.3) is 0 Å². The predicted octanol–water partition coefficient (Wildman–Crippen LogP) is 3.83. The summed E-state index contributed by atoms with van der Waals surface area (Å²) in [5, 5.41) is 0. The van der Waals surface area contributed by atoms with Gasteiger partial charge >= 0.3 is 0 Å². The number of aldehydes is 1. The van der Waals surface area contributed by atoms with E-state index in [1.807, 2.05) is 0 Å². The Morgan fingerprint density at radius 3 is 2.56 bits per heavy atom. The number of hydrogen-bond donors (Lipinski definition) is 0. The third kappa shape index (κ3) is 3.86. The number of carbonyl (C=O) groups is 1. The fraction of sp³-hybridized carbons (Fsp3) is 0.562. The molecule has 0 aliphatic rings. The fourth-order valence-corrected chi connectivity index (χ4v) is 2.39. The van der Waals surface area contributed by atoms with Crippen LogP contribution < -0.4 is 4.90 Å². The van der Waals surface area contributed by atoms with Gasteiger partial charge in [-0.2, -0.15) is 0 Å². The van der Waals surface area contributed by atoms with Crippen molar-refractivity contribution in [3.05, 3.63) is 29.8 Å². The average molecular weight is 247 g/mol. The molecule has 1 atom stereocenters. The normalized spacial score (nSPS) is 14.0. The zero-order valence-electron chi connectivity index (χ0n) is 12.1. The minimum atomic E-state index is -0.242. The molecule has 100 valence electrons. The Bertz CT molecular complexity index is 388. The molecule has 0 aliphatic heterocycles. The van der Waals surface area contributed by atoms with E-state index in [-0.39, 0.29) is 5.41 Å². The van der Waals surface area contributed by atoms with Crippen LogP contribution in [-0.2, 0) is 4.79 Å². The van der Waals surface area contributed by atoms with E-state index in [1.165, 1.54) is 11.3 Å². The molecule has 0 fully saturated rings. The molecule has 0 saturated heterocycles. The van der Waals surface area contributed by atoms with Crippen LogP contribution in [0.2, 0.25) is 0 Å². The van der Waals surface area contributed by atoms with Crippen LogP contribution in [0.5, 0.6) is 0 Å². The lowest BCUT2D eigenvalue weighted by Crippen LogP contribution is -2.37. The van der Waals surface area contributed by atoms with Gasteiger partial charge in [0, 0.05) is 24.2 Å². The summed E-state index contributed by atoms with van der Waals surface area (Å²) < 4.78 is 0. The number of aryl methyl sites for hydroxylation is 1. The van der Waals surface area contributed by atoms with Crippen LogP contribution in [0.4, 0.5) is 5.69 Å². The molecule has 0 N–H and O–H groups in total. The van der Waals surface area contributed by atoms with E-state index >= 15 is 0 Å². The van der Waals surface area contributed by atoms with Gasteiger partial charge < -0.3 is 9.69 Å². The first-order chi connectivity index (χ1) is 8.54. The lowest BCUT2D eigenvalue weighted by molar-refractivity contribution is -0.115. The van der Waals surface area contributed by atoms with Gasteiger partial charge in [0.1, 0.15) is 6.29 Å². The molecule has 0 spiro atoms. The predicted molar refractivity (Wildman–Crippen MR) is 78.1 cm³/mol. The molecule has 2 heteroatoms. The van der Waals surface area contributed by atoms with Crippen molar-refractivity contribution in [2.75, 3.05) is 18.0 Å². The maximum absolute atomic E-state index is 11.3. The lowest BCUT2D eigenvalue weighted by Gasteiger charge is -2.32. The van der Waals surface area contributed by atoms with Crippen LogP contribution in [0.15, 0.2) is 24.3 Å². The van der Waals surface area contributed by atoms with Gasteiger partial charge in [-0.15, -0.1) is 0 Å². The highest BCUT2D eigenvalue weighted by molar-refractivity contribution is 5.61. The van der Waals surface area contributed by atoms with Crippen LogP contribution in [-0.4, -0.2) is 19.4 Å². The first-order valence-corrected chi connectivity index (χ1v) is 6.82. The van der Waals surface area contributed by atoms with Gasteiger partial charge in [0.2, 0.25) is 0 Å². The summed E-state index contributed by atoms with van der Waals surface area (Å²) in [5.41, 5.74) is 2.23. The van der Waals surface area contributed by atoms with Gasteiger partial charge in [-0.1, -0.05) is 32.4 Å². The van der Waals surface area contributed by atoms with Crippen molar-refractivity contribution < 1.29 is 4.79 Å². The molecule has 1 aromatic carbocycles. The Morgan fingerprint density at radius 1 is 1.33 bits per heavy atom. The van der Waals surface area contributed by atoms with E-state index in [9.17, 15) is 4.79 Å². The lowest BCUT2D eigenvalue weighted by atomic mass is 9.86. The van der Waals surface area contributed by atoms with Gasteiger partial charge in [-0.05, 0) is 38.0 Å². The second-order valence-corrected chi connectivity index (χ2v) is 5.38. The molecule has 0 aromatic heterocycles. The molecule has 0 amide bonds. The molecule has 0 aliphatic carbocycles. The molecule has 0 heterocycles. The molecule has 1 unspecified atom stereocenters. The summed E-state index contributed by atoms with van der Waals surface area (Å²) in [7, 11) is 0. The van der Waals surface area contributed by atoms with E-state index in [4.69, 9.17) is 0 Å². The first kappa shape index (κ1) is 14.7. The van der Waals surface area contributed by atoms with Crippen molar-refractivity contribution in [1.29, 1.82) is 0 Å². The summed E-state index contributed by atoms with van der Waals surface area (Å²) in [4.78, 5) is 13.6. The highest BCUT2D eigenvalue weighted by atomic mass is 16.1. The zero-order chi connectivity index (χ0) is 13.6. The molecule has 0 radical (unpaired) electrons. The van der Waals surface area contributed by atoms with Crippen LogP contribution in [0, 0.1) is 12.3 Å². The molecule has 1 rings (SSSR count). The highest BCUT2D eigenvalue weighted by Gasteiger charge is 2.25. The average Bonchev–Trinajstić information content (AvgIpc) is 2.36. The van der Waals surface area contributed by atoms with Crippen LogP contribution in [0.3, 0.4) is 0 Å². The van der Waals surface area contributed by atoms with Crippen molar-refractivity contribution in [1.82, 2.24) is 0 Å². The minimum Gasteiger partial charge on any atom is -0.371 e. The van der Waals surface area contributed by atoms with Gasteiger partial charge in [0.05, 0.1) is 0 Å². The summed E-state index contributed by atoms with van der Waals surface area (Å²) in [6, 6.07) is 8.47. The van der Waals surface area contributed by atoms with Gasteiger partial charge in [0.25, 0.3) is 0 Å². The Kier molecular flexibility index (Phi) is 5.39. The monoisotopic (exact) mass is 247 g/mol. The molecule has 0 saturated carbocycles. The fourth-order valence-electron chi connectivity index (χ4n) is 2.39. The van der Waals surface area contributed by atoms with Gasteiger partial charge in [-0.25, -0.2) is 0 Å². The summed E-state index contributed by atoms with van der Waals surface area (Å²) in [6.07, 6.45) is 3.11. The molecule has 0 bridgehead atoms. The smallest absolute Gasteiger partial charge is 0.127 e. The number of anilines is 1. The van der Waals surface area contributed by atoms with E-state index in [0.717, 1.165) is 32.2 Å². The van der Waals surface area contributed by atoms with Gasteiger partial charge in [0.15, 0.2) is 0 Å². The number of carbonyl (C=O) groups excluding carboxylic acids is 1. The maximum atomic E-state index is 11.3. The third-order valence-corrected chi connectivity index (χ3v) is 3.41. The van der Waals surface area contributed by atoms with Crippen LogP contribution in [0.1, 0.15) is 39.2 Å². The summed E-state index contributed by atoms with van der Waals surface area (Å²) >= 11 is 0. The van der Waals surface area contributed by atoms with Crippen LogP contribution >= 0.6 is 0 Å². The van der Waals surface area contributed by atoms with Crippen molar-refractivity contribution in [2.24, 2.45) is 5.41 Å². The standard InChI is InChI=1S/C16H25NO/c1-5-10-16(4,13-18)12-17(6-2)15-9-7-8-14(3)11-15/h7-9,11,13H,5-6,10,12H2,1-4H3. The quantitative estimate of drug-likeness (QED) is 0.683.